The van der Waals surface area contributed by atoms with Gasteiger partial charge in [0.1, 0.15) is 17.0 Å². The molecule has 2 heterocycles. The number of ether oxygens (including phenoxy) is 1. The van der Waals surface area contributed by atoms with Crippen LogP contribution in [0.25, 0.3) is 16.9 Å². The molecule has 2 aromatic carbocycles. The molecule has 0 fully saturated rings. The van der Waals surface area contributed by atoms with E-state index in [1.54, 1.807) is 16.8 Å². The summed E-state index contributed by atoms with van der Waals surface area (Å²) in [4.78, 5) is 24.8. The molecule has 1 aliphatic rings. The lowest BCUT2D eigenvalue weighted by atomic mass is 10.0. The predicted octanol–water partition coefficient (Wildman–Crippen LogP) is 4.10. The van der Waals surface area contributed by atoms with Gasteiger partial charge in [0, 0.05) is 17.7 Å². The largest absolute Gasteiger partial charge is 0.443 e. The van der Waals surface area contributed by atoms with E-state index < -0.39 is 16.6 Å². The van der Waals surface area contributed by atoms with Gasteiger partial charge in [0.25, 0.3) is 5.69 Å². The number of nitrogens with zero attached hydrogens (tertiary/aromatic N) is 5. The number of carbonyl (C=O) groups excluding carboxylic acids is 1. The lowest BCUT2D eigenvalue weighted by Crippen LogP contribution is -2.38. The van der Waals surface area contributed by atoms with Crippen LogP contribution in [0.5, 0.6) is 0 Å². The van der Waals surface area contributed by atoms with Gasteiger partial charge in [-0.05, 0) is 39.0 Å². The molecule has 9 nitrogen and oxygen atoms in total. The Kier molecular flexibility index (Phi) is 4.30. The number of aromatic nitrogens is 3. The summed E-state index contributed by atoms with van der Waals surface area (Å²) in [7, 11) is 0. The molecule has 0 spiro atoms. The summed E-state index contributed by atoms with van der Waals surface area (Å²) in [6.45, 7) is 5.67. The fraction of sp³-hybridized carbons (Fsp3) is 0.250. The second kappa shape index (κ2) is 6.69. The van der Waals surface area contributed by atoms with Crippen molar-refractivity contribution in [2.75, 3.05) is 4.90 Å². The Morgan fingerprint density at radius 1 is 1.14 bits per heavy atom. The van der Waals surface area contributed by atoms with Gasteiger partial charge in [0.05, 0.1) is 22.8 Å². The van der Waals surface area contributed by atoms with Crippen LogP contribution in [0.1, 0.15) is 26.5 Å². The summed E-state index contributed by atoms with van der Waals surface area (Å²) >= 11 is 0. The second-order valence-electron chi connectivity index (χ2n) is 7.65. The fourth-order valence-corrected chi connectivity index (χ4v) is 3.21. The lowest BCUT2D eigenvalue weighted by Gasteiger charge is -2.31. The Morgan fingerprint density at radius 2 is 1.83 bits per heavy atom. The van der Waals surface area contributed by atoms with Crippen molar-refractivity contribution in [1.29, 1.82) is 0 Å². The van der Waals surface area contributed by atoms with Crippen LogP contribution in [0, 0.1) is 10.1 Å². The van der Waals surface area contributed by atoms with Gasteiger partial charge in [-0.25, -0.2) is 9.48 Å². The first kappa shape index (κ1) is 18.6. The molecule has 1 aliphatic heterocycles. The van der Waals surface area contributed by atoms with Gasteiger partial charge in [-0.2, -0.15) is 0 Å². The number of hydrogen-bond donors (Lipinski definition) is 0. The van der Waals surface area contributed by atoms with Crippen LogP contribution >= 0.6 is 0 Å². The predicted molar refractivity (Wildman–Crippen MR) is 106 cm³/mol. The third-order valence-electron chi connectivity index (χ3n) is 4.42. The second-order valence-corrected chi connectivity index (χ2v) is 7.65. The number of hydrogen-bond acceptors (Lipinski definition) is 6. The van der Waals surface area contributed by atoms with E-state index in [0.717, 1.165) is 11.3 Å². The zero-order valence-electron chi connectivity index (χ0n) is 16.2. The monoisotopic (exact) mass is 393 g/mol. The summed E-state index contributed by atoms with van der Waals surface area (Å²) in [5.41, 5.74) is 2.86. The van der Waals surface area contributed by atoms with Gasteiger partial charge in [-0.3, -0.25) is 15.0 Å². The van der Waals surface area contributed by atoms with Gasteiger partial charge < -0.3 is 4.74 Å². The minimum Gasteiger partial charge on any atom is -0.443 e. The Bertz CT molecular complexity index is 1100. The summed E-state index contributed by atoms with van der Waals surface area (Å²) < 4.78 is 7.17. The van der Waals surface area contributed by atoms with Crippen LogP contribution < -0.4 is 4.90 Å². The Hall–Kier alpha value is -3.75. The van der Waals surface area contributed by atoms with E-state index in [1.165, 1.54) is 17.0 Å². The van der Waals surface area contributed by atoms with Crippen LogP contribution in [0.15, 0.2) is 48.5 Å². The van der Waals surface area contributed by atoms with Crippen molar-refractivity contribution in [2.45, 2.75) is 32.9 Å². The number of benzene rings is 2. The molecule has 0 saturated carbocycles. The van der Waals surface area contributed by atoms with Crippen molar-refractivity contribution in [3.63, 3.8) is 0 Å². The highest BCUT2D eigenvalue weighted by atomic mass is 16.6. The van der Waals surface area contributed by atoms with Gasteiger partial charge in [0.2, 0.25) is 0 Å². The Morgan fingerprint density at radius 3 is 2.48 bits per heavy atom. The van der Waals surface area contributed by atoms with Crippen molar-refractivity contribution in [2.24, 2.45) is 0 Å². The average molecular weight is 393 g/mol. The fourth-order valence-electron chi connectivity index (χ4n) is 3.21. The van der Waals surface area contributed by atoms with Gasteiger partial charge in [-0.1, -0.05) is 23.4 Å². The third-order valence-corrected chi connectivity index (χ3v) is 4.42. The normalized spacial score (nSPS) is 12.9. The first-order chi connectivity index (χ1) is 13.7. The molecule has 0 bridgehead atoms. The highest BCUT2D eigenvalue weighted by molar-refractivity contribution is 5.96. The van der Waals surface area contributed by atoms with E-state index in [9.17, 15) is 14.9 Å². The first-order valence-electron chi connectivity index (χ1n) is 9.04. The van der Waals surface area contributed by atoms with Crippen LogP contribution in [0.3, 0.4) is 0 Å². The van der Waals surface area contributed by atoms with Crippen LogP contribution in [0.4, 0.5) is 16.2 Å². The molecular weight excluding hydrogens is 374 g/mol. The molecule has 4 rings (SSSR count). The van der Waals surface area contributed by atoms with E-state index in [0.29, 0.717) is 17.1 Å². The highest BCUT2D eigenvalue weighted by Crippen LogP contribution is 2.39. The number of fused-ring (bicyclic) bond motifs is 3. The molecule has 0 unspecified atom stereocenters. The lowest BCUT2D eigenvalue weighted by molar-refractivity contribution is -0.384. The molecule has 0 saturated heterocycles. The van der Waals surface area contributed by atoms with Crippen molar-refractivity contribution in [3.8, 4) is 16.9 Å². The maximum absolute atomic E-state index is 12.7. The molecule has 0 N–H and O–H groups in total. The number of nitro groups is 1. The summed E-state index contributed by atoms with van der Waals surface area (Å²) in [5.74, 6) is 0. The van der Waals surface area contributed by atoms with E-state index in [4.69, 9.17) is 4.74 Å². The first-order valence-corrected chi connectivity index (χ1v) is 9.04. The van der Waals surface area contributed by atoms with Crippen molar-refractivity contribution >= 4 is 17.5 Å². The number of amides is 1. The molecule has 9 heteroatoms. The number of carbonyl (C=O) groups is 1. The minimum absolute atomic E-state index is 0.000709. The van der Waals surface area contributed by atoms with Gasteiger partial charge in [0.15, 0.2) is 0 Å². The van der Waals surface area contributed by atoms with E-state index in [1.807, 2.05) is 45.0 Å². The SMILES string of the molecule is CC(C)(C)OC(=O)N1Cc2nnn(-c3ccc([N+](=O)[O-])cc3)c2-c2ccccc21. The summed E-state index contributed by atoms with van der Waals surface area (Å²) in [6, 6.07) is 13.5. The van der Waals surface area contributed by atoms with E-state index in [-0.39, 0.29) is 12.2 Å². The smallest absolute Gasteiger partial charge is 0.415 e. The molecule has 3 aromatic rings. The molecule has 1 amide bonds. The number of anilines is 1. The van der Waals surface area contributed by atoms with Gasteiger partial charge >= 0.3 is 6.09 Å². The molecule has 0 aliphatic carbocycles. The number of nitro benzene ring substituents is 1. The molecule has 0 radical (unpaired) electrons. The maximum Gasteiger partial charge on any atom is 0.415 e. The average Bonchev–Trinajstić information content (AvgIpc) is 3.10. The Balaban J connectivity index is 1.77. The quantitative estimate of drug-likeness (QED) is 0.480. The minimum atomic E-state index is -0.622. The van der Waals surface area contributed by atoms with Crippen LogP contribution in [-0.2, 0) is 11.3 Å². The Labute approximate surface area is 166 Å². The van der Waals surface area contributed by atoms with Crippen molar-refractivity contribution < 1.29 is 14.5 Å². The topological polar surface area (TPSA) is 103 Å². The molecule has 0 atom stereocenters. The van der Waals surface area contributed by atoms with E-state index in [2.05, 4.69) is 10.3 Å². The zero-order chi connectivity index (χ0) is 20.8. The summed E-state index contributed by atoms with van der Waals surface area (Å²) in [6.07, 6.45) is -0.458. The molecule has 148 valence electrons. The number of non-ortho nitro benzene ring substituents is 1. The van der Waals surface area contributed by atoms with Gasteiger partial charge in [-0.15, -0.1) is 5.10 Å². The van der Waals surface area contributed by atoms with E-state index >= 15 is 0 Å². The number of para-hydroxylation sites is 1. The third kappa shape index (κ3) is 3.42. The van der Waals surface area contributed by atoms with Crippen LogP contribution in [0.2, 0.25) is 0 Å². The standard InChI is InChI=1S/C20H19N5O4/c1-20(2,3)29-19(26)23-12-16-18(15-6-4-5-7-17(15)23)24(22-21-16)13-8-10-14(11-9-13)25(27)28/h4-11H,12H2,1-3H3. The highest BCUT2D eigenvalue weighted by Gasteiger charge is 2.33. The summed E-state index contributed by atoms with van der Waals surface area (Å²) in [5, 5.41) is 19.4. The van der Waals surface area contributed by atoms with Crippen LogP contribution in [-0.4, -0.2) is 31.6 Å². The number of rotatable bonds is 2. The van der Waals surface area contributed by atoms with Crippen molar-refractivity contribution in [3.05, 3.63) is 64.3 Å². The molecular formula is C20H19N5O4. The maximum atomic E-state index is 12.7. The molecule has 29 heavy (non-hydrogen) atoms. The zero-order valence-corrected chi connectivity index (χ0v) is 16.2. The van der Waals surface area contributed by atoms with Crippen molar-refractivity contribution in [1.82, 2.24) is 15.0 Å². The molecule has 1 aromatic heterocycles.